The second-order valence-electron chi connectivity index (χ2n) is 7.76. The molecular formula is C20H31N3O3. The normalized spacial score (nSPS) is 21.8. The molecule has 2 saturated heterocycles. The van der Waals surface area contributed by atoms with Gasteiger partial charge in [-0.05, 0) is 69.3 Å². The second-order valence-corrected chi connectivity index (χ2v) is 7.76. The molecule has 6 heteroatoms. The van der Waals surface area contributed by atoms with Crippen LogP contribution in [0.4, 0.5) is 0 Å². The lowest BCUT2D eigenvalue weighted by Gasteiger charge is -2.33. The van der Waals surface area contributed by atoms with E-state index in [-0.39, 0.29) is 18.1 Å². The van der Waals surface area contributed by atoms with Gasteiger partial charge in [0.05, 0.1) is 19.3 Å². The minimum atomic E-state index is -0.0847. The summed E-state index contributed by atoms with van der Waals surface area (Å²) in [6.07, 6.45) is 3.33. The van der Waals surface area contributed by atoms with Gasteiger partial charge in [0.2, 0.25) is 5.91 Å². The van der Waals surface area contributed by atoms with Crippen molar-refractivity contribution >= 4 is 5.91 Å². The molecule has 1 atom stereocenters. The maximum atomic E-state index is 12.6. The van der Waals surface area contributed by atoms with Crippen molar-refractivity contribution in [3.8, 4) is 11.5 Å². The summed E-state index contributed by atoms with van der Waals surface area (Å²) < 4.78 is 11.1. The average molecular weight is 361 g/mol. The summed E-state index contributed by atoms with van der Waals surface area (Å²) >= 11 is 0. The first-order valence-electron chi connectivity index (χ1n) is 9.57. The molecule has 2 fully saturated rings. The van der Waals surface area contributed by atoms with E-state index in [1.807, 2.05) is 32.0 Å². The predicted molar refractivity (Wildman–Crippen MR) is 102 cm³/mol. The van der Waals surface area contributed by atoms with E-state index in [1.165, 1.54) is 0 Å². The molecular weight excluding hydrogens is 330 g/mol. The minimum absolute atomic E-state index is 0.0847. The molecule has 0 aliphatic carbocycles. The molecule has 0 saturated carbocycles. The first-order chi connectivity index (χ1) is 12.5. The van der Waals surface area contributed by atoms with Crippen LogP contribution >= 0.6 is 0 Å². The number of hydrogen-bond acceptors (Lipinski definition) is 5. The molecule has 1 unspecified atom stereocenters. The molecule has 2 heterocycles. The van der Waals surface area contributed by atoms with Crippen LogP contribution in [0.5, 0.6) is 11.5 Å². The fourth-order valence-corrected chi connectivity index (χ4v) is 3.93. The van der Waals surface area contributed by atoms with Crippen LogP contribution in [0.1, 0.15) is 38.7 Å². The van der Waals surface area contributed by atoms with Crippen molar-refractivity contribution in [2.45, 2.75) is 51.8 Å². The van der Waals surface area contributed by atoms with Crippen LogP contribution in [0, 0.1) is 5.41 Å². The van der Waals surface area contributed by atoms with E-state index >= 15 is 0 Å². The third-order valence-electron chi connectivity index (χ3n) is 5.40. The Morgan fingerprint density at radius 3 is 2.77 bits per heavy atom. The van der Waals surface area contributed by atoms with Crippen LogP contribution < -0.4 is 25.4 Å². The van der Waals surface area contributed by atoms with E-state index in [9.17, 15) is 4.79 Å². The fourth-order valence-electron chi connectivity index (χ4n) is 3.93. The largest absolute Gasteiger partial charge is 0.493 e. The van der Waals surface area contributed by atoms with Crippen LogP contribution in [0.15, 0.2) is 18.2 Å². The summed E-state index contributed by atoms with van der Waals surface area (Å²) in [6.45, 7) is 7.52. The zero-order chi connectivity index (χ0) is 18.6. The Hall–Kier alpha value is -1.79. The number of methoxy groups -OCH3 is 1. The molecule has 0 bridgehead atoms. The molecule has 1 aromatic rings. The quantitative estimate of drug-likeness (QED) is 0.721. The Bertz CT molecular complexity index is 627. The highest BCUT2D eigenvalue weighted by molar-refractivity contribution is 5.82. The van der Waals surface area contributed by atoms with Crippen LogP contribution in [0.2, 0.25) is 0 Å². The van der Waals surface area contributed by atoms with Crippen LogP contribution in [-0.4, -0.2) is 44.8 Å². The third-order valence-corrected chi connectivity index (χ3v) is 5.40. The maximum absolute atomic E-state index is 12.6. The van der Waals surface area contributed by atoms with Gasteiger partial charge < -0.3 is 25.4 Å². The van der Waals surface area contributed by atoms with Crippen molar-refractivity contribution in [3.63, 3.8) is 0 Å². The van der Waals surface area contributed by atoms with Gasteiger partial charge >= 0.3 is 0 Å². The molecule has 26 heavy (non-hydrogen) atoms. The number of rotatable bonds is 6. The number of ether oxygens (including phenoxy) is 2. The molecule has 3 rings (SSSR count). The lowest BCUT2D eigenvalue weighted by atomic mass is 9.77. The maximum Gasteiger partial charge on any atom is 0.237 e. The summed E-state index contributed by atoms with van der Waals surface area (Å²) in [5.74, 6) is 1.50. The van der Waals surface area contributed by atoms with Crippen molar-refractivity contribution < 1.29 is 14.3 Å². The highest BCUT2D eigenvalue weighted by atomic mass is 16.5. The van der Waals surface area contributed by atoms with Crippen molar-refractivity contribution in [1.29, 1.82) is 0 Å². The Kier molecular flexibility index (Phi) is 6.04. The standard InChI is InChI=1S/C20H31N3O3/c1-14(2)26-17-5-4-15(10-18(17)25-3)12-22-19(24)16-11-20(13-23-16)6-8-21-9-7-20/h4-5,10,14,16,21,23H,6-9,11-13H2,1-3H3,(H,22,24). The molecule has 144 valence electrons. The van der Waals surface area contributed by atoms with Crippen molar-refractivity contribution in [1.82, 2.24) is 16.0 Å². The third kappa shape index (κ3) is 4.48. The zero-order valence-corrected chi connectivity index (χ0v) is 16.1. The number of carbonyl (C=O) groups is 1. The molecule has 3 N–H and O–H groups in total. The van der Waals surface area contributed by atoms with Gasteiger partial charge in [0, 0.05) is 13.1 Å². The molecule has 0 aromatic heterocycles. The van der Waals surface area contributed by atoms with Gasteiger partial charge in [-0.3, -0.25) is 4.79 Å². The summed E-state index contributed by atoms with van der Waals surface area (Å²) in [5, 5.41) is 9.89. The Morgan fingerprint density at radius 2 is 2.08 bits per heavy atom. The summed E-state index contributed by atoms with van der Waals surface area (Å²) in [5.41, 5.74) is 1.30. The fraction of sp³-hybridized carbons (Fsp3) is 0.650. The van der Waals surface area contributed by atoms with Gasteiger partial charge in [0.25, 0.3) is 0 Å². The molecule has 1 amide bonds. The van der Waals surface area contributed by atoms with E-state index in [2.05, 4.69) is 16.0 Å². The highest BCUT2D eigenvalue weighted by Crippen LogP contribution is 2.37. The Morgan fingerprint density at radius 1 is 1.31 bits per heavy atom. The van der Waals surface area contributed by atoms with E-state index < -0.39 is 0 Å². The molecule has 2 aliphatic rings. The van der Waals surface area contributed by atoms with E-state index in [0.717, 1.165) is 50.2 Å². The average Bonchev–Trinajstić information content (AvgIpc) is 3.04. The number of amides is 1. The first-order valence-corrected chi connectivity index (χ1v) is 9.57. The van der Waals surface area contributed by atoms with Gasteiger partial charge in [-0.15, -0.1) is 0 Å². The Balaban J connectivity index is 1.54. The highest BCUT2D eigenvalue weighted by Gasteiger charge is 2.41. The summed E-state index contributed by atoms with van der Waals surface area (Å²) in [7, 11) is 1.63. The lowest BCUT2D eigenvalue weighted by Crippen LogP contribution is -2.40. The molecule has 1 aromatic carbocycles. The van der Waals surface area contributed by atoms with E-state index in [1.54, 1.807) is 7.11 Å². The van der Waals surface area contributed by atoms with E-state index in [0.29, 0.717) is 17.7 Å². The molecule has 6 nitrogen and oxygen atoms in total. The topological polar surface area (TPSA) is 71.6 Å². The van der Waals surface area contributed by atoms with Gasteiger partial charge in [-0.1, -0.05) is 6.07 Å². The first kappa shape index (κ1) is 19.0. The van der Waals surface area contributed by atoms with Crippen LogP contribution in [0.3, 0.4) is 0 Å². The van der Waals surface area contributed by atoms with Crippen LogP contribution in [0.25, 0.3) is 0 Å². The number of hydrogen-bond donors (Lipinski definition) is 3. The molecule has 2 aliphatic heterocycles. The molecule has 1 spiro atoms. The van der Waals surface area contributed by atoms with Gasteiger partial charge in [0.1, 0.15) is 0 Å². The number of carbonyl (C=O) groups excluding carboxylic acids is 1. The predicted octanol–water partition coefficient (Wildman–Crippen LogP) is 1.83. The van der Waals surface area contributed by atoms with E-state index in [4.69, 9.17) is 9.47 Å². The monoisotopic (exact) mass is 361 g/mol. The van der Waals surface area contributed by atoms with Gasteiger partial charge in [0.15, 0.2) is 11.5 Å². The van der Waals surface area contributed by atoms with Crippen molar-refractivity contribution in [2.75, 3.05) is 26.7 Å². The Labute approximate surface area is 156 Å². The number of nitrogens with one attached hydrogen (secondary N) is 3. The minimum Gasteiger partial charge on any atom is -0.493 e. The number of benzene rings is 1. The van der Waals surface area contributed by atoms with Gasteiger partial charge in [-0.25, -0.2) is 0 Å². The zero-order valence-electron chi connectivity index (χ0n) is 16.1. The lowest BCUT2D eigenvalue weighted by molar-refractivity contribution is -0.123. The summed E-state index contributed by atoms with van der Waals surface area (Å²) in [6, 6.07) is 5.71. The smallest absolute Gasteiger partial charge is 0.237 e. The summed E-state index contributed by atoms with van der Waals surface area (Å²) in [4.78, 5) is 12.6. The number of piperidine rings is 1. The van der Waals surface area contributed by atoms with Crippen molar-refractivity contribution in [3.05, 3.63) is 23.8 Å². The van der Waals surface area contributed by atoms with Crippen LogP contribution in [-0.2, 0) is 11.3 Å². The molecule has 0 radical (unpaired) electrons. The SMILES string of the molecule is COc1cc(CNC(=O)C2CC3(CCNCC3)CN2)ccc1OC(C)C. The second kappa shape index (κ2) is 8.27. The van der Waals surface area contributed by atoms with Crippen molar-refractivity contribution in [2.24, 2.45) is 5.41 Å². The van der Waals surface area contributed by atoms with Gasteiger partial charge in [-0.2, -0.15) is 0 Å².